The van der Waals surface area contributed by atoms with E-state index in [9.17, 15) is 31.1 Å². The maximum Gasteiger partial charge on any atom is 0.412 e. The Morgan fingerprint density at radius 2 is 1.84 bits per heavy atom. The number of allylic oxidation sites excluding steroid dienone is 4. The van der Waals surface area contributed by atoms with Gasteiger partial charge in [-0.25, -0.2) is 0 Å². The van der Waals surface area contributed by atoms with Crippen molar-refractivity contribution in [1.82, 2.24) is 0 Å². The topological polar surface area (TPSA) is 37.3 Å². The summed E-state index contributed by atoms with van der Waals surface area (Å²) in [6.07, 6.45) is -10.4. The van der Waals surface area contributed by atoms with E-state index in [1.165, 1.54) is 0 Å². The molecule has 0 radical (unpaired) electrons. The van der Waals surface area contributed by atoms with Crippen LogP contribution in [0.2, 0.25) is 0 Å². The first-order valence-electron chi connectivity index (χ1n) is 4.81. The van der Waals surface area contributed by atoms with Crippen LogP contribution in [0, 0.1) is 5.41 Å². The molecule has 108 valence electrons. The third-order valence-electron chi connectivity index (χ3n) is 2.73. The molecule has 1 aliphatic rings. The number of halogens is 7. The van der Waals surface area contributed by atoms with Crippen LogP contribution >= 0.6 is 11.6 Å². The molecule has 0 saturated heterocycles. The minimum atomic E-state index is -5.22. The first kappa shape index (κ1) is 15.9. The third kappa shape index (κ3) is 2.88. The van der Waals surface area contributed by atoms with Crippen molar-refractivity contribution in [2.45, 2.75) is 24.2 Å². The molecular formula is C10H7ClF6O2. The van der Waals surface area contributed by atoms with Crippen molar-refractivity contribution >= 4 is 17.6 Å². The van der Waals surface area contributed by atoms with Crippen molar-refractivity contribution in [3.05, 3.63) is 23.8 Å². The van der Waals surface area contributed by atoms with E-state index in [0.29, 0.717) is 18.2 Å². The fourth-order valence-corrected chi connectivity index (χ4v) is 1.97. The van der Waals surface area contributed by atoms with Gasteiger partial charge in [-0.1, -0.05) is 18.2 Å². The van der Waals surface area contributed by atoms with Crippen LogP contribution < -0.4 is 0 Å². The molecule has 0 aromatic heterocycles. The van der Waals surface area contributed by atoms with E-state index in [0.717, 1.165) is 0 Å². The minimum Gasteiger partial charge on any atom is -0.480 e. The summed E-state index contributed by atoms with van der Waals surface area (Å²) < 4.78 is 76.4. The van der Waals surface area contributed by atoms with Gasteiger partial charge in [0.15, 0.2) is 0 Å². The molecule has 0 amide bonds. The van der Waals surface area contributed by atoms with Crippen LogP contribution in [0.15, 0.2) is 23.8 Å². The normalized spacial score (nSPS) is 25.9. The highest BCUT2D eigenvalue weighted by Gasteiger charge is 2.62. The molecule has 0 aliphatic heterocycles. The molecule has 0 bridgehead atoms. The third-order valence-corrected chi connectivity index (χ3v) is 3.31. The predicted octanol–water partition coefficient (Wildman–Crippen LogP) is 3.68. The van der Waals surface area contributed by atoms with Gasteiger partial charge in [0, 0.05) is 5.57 Å². The van der Waals surface area contributed by atoms with Gasteiger partial charge in [-0.05, 0) is 6.42 Å². The summed E-state index contributed by atoms with van der Waals surface area (Å²) in [5.41, 5.74) is -4.75. The molecule has 2 nitrogen and oxygen atoms in total. The zero-order chi connectivity index (χ0) is 15.1. The smallest absolute Gasteiger partial charge is 0.412 e. The van der Waals surface area contributed by atoms with Gasteiger partial charge in [0.2, 0.25) is 0 Å². The number of alkyl halides is 7. The fourth-order valence-electron chi connectivity index (χ4n) is 1.70. The maximum absolute atomic E-state index is 13.0. The SMILES string of the molecule is O=C(O)C(Cl)C1(C(F)(F)F)C=CC=C(C(F)(F)F)C1. The second-order valence-electron chi connectivity index (χ2n) is 3.96. The van der Waals surface area contributed by atoms with Crippen LogP contribution in [0.3, 0.4) is 0 Å². The van der Waals surface area contributed by atoms with Gasteiger partial charge < -0.3 is 5.11 Å². The highest BCUT2D eigenvalue weighted by molar-refractivity contribution is 6.30. The zero-order valence-electron chi connectivity index (χ0n) is 9.02. The second-order valence-corrected chi connectivity index (χ2v) is 4.40. The van der Waals surface area contributed by atoms with E-state index in [1.807, 2.05) is 0 Å². The lowest BCUT2D eigenvalue weighted by Crippen LogP contribution is -2.49. The zero-order valence-corrected chi connectivity index (χ0v) is 9.77. The van der Waals surface area contributed by atoms with Crippen molar-refractivity contribution < 1.29 is 36.2 Å². The molecule has 1 aliphatic carbocycles. The summed E-state index contributed by atoms with van der Waals surface area (Å²) in [5, 5.41) is 6.04. The van der Waals surface area contributed by atoms with Gasteiger partial charge in [0.25, 0.3) is 0 Å². The average molecular weight is 309 g/mol. The molecular weight excluding hydrogens is 302 g/mol. The van der Waals surface area contributed by atoms with Crippen LogP contribution in [0.4, 0.5) is 26.3 Å². The molecule has 0 aromatic carbocycles. The Kier molecular flexibility index (Phi) is 3.96. The molecule has 1 rings (SSSR count). The number of hydrogen-bond donors (Lipinski definition) is 1. The van der Waals surface area contributed by atoms with Crippen molar-refractivity contribution in [3.8, 4) is 0 Å². The van der Waals surface area contributed by atoms with Crippen LogP contribution in [0.5, 0.6) is 0 Å². The quantitative estimate of drug-likeness (QED) is 0.624. The molecule has 2 atom stereocenters. The summed E-state index contributed by atoms with van der Waals surface area (Å²) in [7, 11) is 0. The molecule has 19 heavy (non-hydrogen) atoms. The highest BCUT2D eigenvalue weighted by Crippen LogP contribution is 2.52. The minimum absolute atomic E-state index is 0.355. The van der Waals surface area contributed by atoms with Crippen LogP contribution in [-0.4, -0.2) is 28.8 Å². The van der Waals surface area contributed by atoms with Gasteiger partial charge in [-0.3, -0.25) is 4.79 Å². The summed E-state index contributed by atoms with van der Waals surface area (Å²) in [6.45, 7) is 0. The first-order chi connectivity index (χ1) is 8.42. The van der Waals surface area contributed by atoms with E-state index in [1.54, 1.807) is 0 Å². The molecule has 0 aromatic rings. The molecule has 0 fully saturated rings. The number of carboxylic acids is 1. The van der Waals surface area contributed by atoms with Crippen molar-refractivity contribution in [2.75, 3.05) is 0 Å². The van der Waals surface area contributed by atoms with E-state index in [-0.39, 0.29) is 0 Å². The van der Waals surface area contributed by atoms with Crippen LogP contribution in [0.1, 0.15) is 6.42 Å². The molecule has 2 unspecified atom stereocenters. The number of carboxylic acid groups (broad SMARTS) is 1. The number of hydrogen-bond acceptors (Lipinski definition) is 1. The van der Waals surface area contributed by atoms with E-state index >= 15 is 0 Å². The molecule has 0 spiro atoms. The lowest BCUT2D eigenvalue weighted by Gasteiger charge is -2.37. The Bertz CT molecular complexity index is 436. The molecule has 0 saturated carbocycles. The lowest BCUT2D eigenvalue weighted by molar-refractivity contribution is -0.213. The molecule has 0 heterocycles. The Labute approximate surface area is 108 Å². The monoisotopic (exact) mass is 308 g/mol. The van der Waals surface area contributed by atoms with E-state index in [4.69, 9.17) is 16.7 Å². The van der Waals surface area contributed by atoms with Gasteiger partial charge in [-0.2, -0.15) is 26.3 Å². The largest absolute Gasteiger partial charge is 0.480 e. The second kappa shape index (κ2) is 4.73. The molecule has 9 heteroatoms. The lowest BCUT2D eigenvalue weighted by atomic mass is 9.74. The van der Waals surface area contributed by atoms with Crippen LogP contribution in [0.25, 0.3) is 0 Å². The number of carbonyl (C=O) groups is 1. The summed E-state index contributed by atoms with van der Waals surface area (Å²) in [6, 6.07) is 0. The average Bonchev–Trinajstić information content (AvgIpc) is 2.25. The highest BCUT2D eigenvalue weighted by atomic mass is 35.5. The van der Waals surface area contributed by atoms with Gasteiger partial charge >= 0.3 is 18.3 Å². The van der Waals surface area contributed by atoms with Crippen molar-refractivity contribution in [1.29, 1.82) is 0 Å². The van der Waals surface area contributed by atoms with Gasteiger partial charge in [0.1, 0.15) is 10.8 Å². The van der Waals surface area contributed by atoms with Crippen LogP contribution in [-0.2, 0) is 4.79 Å². The number of aliphatic carboxylic acids is 1. The van der Waals surface area contributed by atoms with Gasteiger partial charge in [0.05, 0.1) is 0 Å². The first-order valence-corrected chi connectivity index (χ1v) is 5.24. The molecule has 1 N–H and O–H groups in total. The Balaban J connectivity index is 3.29. The number of rotatable bonds is 2. The summed E-state index contributed by atoms with van der Waals surface area (Å²) in [5.74, 6) is -2.04. The standard InChI is InChI=1S/C10H7ClF6O2/c11-6(7(18)19)8(10(15,16)17)3-1-2-5(4-8)9(12,13)14/h1-3,6H,4H2,(H,18,19). The van der Waals surface area contributed by atoms with Crippen molar-refractivity contribution in [3.63, 3.8) is 0 Å². The summed E-state index contributed by atoms with van der Waals surface area (Å²) >= 11 is 5.19. The summed E-state index contributed by atoms with van der Waals surface area (Å²) in [4.78, 5) is 10.6. The Hall–Kier alpha value is -1.18. The van der Waals surface area contributed by atoms with E-state index < -0.39 is 41.1 Å². The van der Waals surface area contributed by atoms with Gasteiger partial charge in [-0.15, -0.1) is 11.6 Å². The predicted molar refractivity (Wildman–Crippen MR) is 53.7 cm³/mol. The van der Waals surface area contributed by atoms with Crippen molar-refractivity contribution in [2.24, 2.45) is 5.41 Å². The maximum atomic E-state index is 13.0. The fraction of sp³-hybridized carbons (Fsp3) is 0.500. The Morgan fingerprint density at radius 1 is 1.32 bits per heavy atom. The van der Waals surface area contributed by atoms with E-state index in [2.05, 4.69) is 0 Å². The Morgan fingerprint density at radius 3 is 2.21 bits per heavy atom.